The number of aliphatic hydroxyl groups excluding tert-OH is 1. The van der Waals surface area contributed by atoms with Crippen molar-refractivity contribution in [2.75, 3.05) is 19.7 Å². The van der Waals surface area contributed by atoms with Crippen LogP contribution in [-0.2, 0) is 19.2 Å². The van der Waals surface area contributed by atoms with Gasteiger partial charge in [0.15, 0.2) is 5.96 Å². The molecule has 0 saturated carbocycles. The van der Waals surface area contributed by atoms with E-state index in [0.29, 0.717) is 25.8 Å². The van der Waals surface area contributed by atoms with E-state index in [1.807, 2.05) is 0 Å². The van der Waals surface area contributed by atoms with Gasteiger partial charge in [0.1, 0.15) is 24.2 Å². The van der Waals surface area contributed by atoms with Gasteiger partial charge >= 0.3 is 5.97 Å². The zero-order chi connectivity index (χ0) is 24.7. The highest BCUT2D eigenvalue weighted by Crippen LogP contribution is 2.05. The van der Waals surface area contributed by atoms with Gasteiger partial charge in [-0.15, -0.1) is 0 Å². The van der Waals surface area contributed by atoms with E-state index < -0.39 is 54.5 Å². The summed E-state index contributed by atoms with van der Waals surface area (Å²) in [4.78, 5) is 52.3. The molecule has 13 N–H and O–H groups in total. The molecule has 0 aromatic heterocycles. The number of nitrogens with zero attached hydrogens (tertiary/aromatic N) is 1. The van der Waals surface area contributed by atoms with Crippen molar-refractivity contribution in [1.29, 1.82) is 0 Å². The zero-order valence-electron chi connectivity index (χ0n) is 18.3. The second-order valence-corrected chi connectivity index (χ2v) is 7.21. The minimum absolute atomic E-state index is 0.111. The lowest BCUT2D eigenvalue weighted by molar-refractivity contribution is -0.141. The molecule has 0 spiro atoms. The molecule has 0 heterocycles. The number of carboxylic acid groups (broad SMARTS) is 1. The van der Waals surface area contributed by atoms with Crippen molar-refractivity contribution >= 4 is 29.7 Å². The number of nitrogens with two attached hydrogens (primary N) is 4. The summed E-state index contributed by atoms with van der Waals surface area (Å²) in [6.45, 7) is 1.26. The number of hydrogen-bond acceptors (Lipinski definition) is 8. The minimum atomic E-state index is -1.24. The highest BCUT2D eigenvalue weighted by Gasteiger charge is 2.28. The van der Waals surface area contributed by atoms with E-state index in [-0.39, 0.29) is 25.3 Å². The predicted molar refractivity (Wildman–Crippen MR) is 117 cm³/mol. The van der Waals surface area contributed by atoms with Crippen molar-refractivity contribution < 1.29 is 29.4 Å². The maximum atomic E-state index is 12.8. The number of guanidine groups is 1. The Hall–Kier alpha value is -2.97. The molecule has 0 aliphatic carbocycles. The summed E-state index contributed by atoms with van der Waals surface area (Å²) < 4.78 is 0. The van der Waals surface area contributed by atoms with Crippen LogP contribution in [0.5, 0.6) is 0 Å². The molecule has 0 fully saturated rings. The topological polar surface area (TPSA) is 261 Å². The third kappa shape index (κ3) is 12.0. The van der Waals surface area contributed by atoms with Crippen LogP contribution in [0.1, 0.15) is 39.0 Å². The van der Waals surface area contributed by atoms with Crippen LogP contribution in [0.4, 0.5) is 0 Å². The predicted octanol–water partition coefficient (Wildman–Crippen LogP) is -3.95. The fourth-order valence-corrected chi connectivity index (χ4v) is 2.54. The van der Waals surface area contributed by atoms with Crippen LogP contribution >= 0.6 is 0 Å². The average Bonchev–Trinajstić information content (AvgIpc) is 2.73. The standard InChI is InChI=1S/C18H36N8O6/c1-10(17(31)32)24-15(29)13(6-4-8-23-18(21)22)26-16(30)12(5-2-3-7-19)25-14(28)11(20)9-27/h10-13,27H,2-9,19-20H2,1H3,(H,24,29)(H,25,28)(H,26,30)(H,31,32)(H4,21,22,23). The van der Waals surface area contributed by atoms with Gasteiger partial charge in [-0.3, -0.25) is 24.2 Å². The van der Waals surface area contributed by atoms with Gasteiger partial charge in [-0.1, -0.05) is 0 Å². The number of nitrogens with one attached hydrogen (secondary N) is 3. The van der Waals surface area contributed by atoms with Crippen LogP contribution in [0.2, 0.25) is 0 Å². The van der Waals surface area contributed by atoms with Crippen molar-refractivity contribution in [3.05, 3.63) is 0 Å². The number of amides is 3. The Bertz CT molecular complexity index is 655. The summed E-state index contributed by atoms with van der Waals surface area (Å²) in [7, 11) is 0. The Balaban J connectivity index is 5.37. The number of carbonyl (C=O) groups is 4. The van der Waals surface area contributed by atoms with Gasteiger partial charge in [-0.05, 0) is 45.6 Å². The van der Waals surface area contributed by atoms with Crippen LogP contribution in [0, 0.1) is 0 Å². The summed E-state index contributed by atoms with van der Waals surface area (Å²) in [5.74, 6) is -3.47. The maximum absolute atomic E-state index is 12.8. The fourth-order valence-electron chi connectivity index (χ4n) is 2.54. The largest absolute Gasteiger partial charge is 0.480 e. The molecule has 3 amide bonds. The summed E-state index contributed by atoms with van der Waals surface area (Å²) >= 11 is 0. The van der Waals surface area contributed by atoms with Crippen LogP contribution in [0.3, 0.4) is 0 Å². The van der Waals surface area contributed by atoms with E-state index in [1.165, 1.54) is 6.92 Å². The Kier molecular flexibility index (Phi) is 14.3. The molecule has 14 nitrogen and oxygen atoms in total. The molecule has 0 aromatic rings. The van der Waals surface area contributed by atoms with E-state index >= 15 is 0 Å². The van der Waals surface area contributed by atoms with E-state index in [4.69, 9.17) is 33.1 Å². The average molecular weight is 461 g/mol. The Morgan fingerprint density at radius 2 is 1.44 bits per heavy atom. The van der Waals surface area contributed by atoms with Crippen molar-refractivity contribution in [3.8, 4) is 0 Å². The van der Waals surface area contributed by atoms with Gasteiger partial charge in [-0.2, -0.15) is 0 Å². The number of hydrogen-bond donors (Lipinski definition) is 9. The third-order valence-electron chi connectivity index (χ3n) is 4.42. The van der Waals surface area contributed by atoms with Crippen LogP contribution in [-0.4, -0.2) is 83.7 Å². The first kappa shape index (κ1) is 29.0. The van der Waals surface area contributed by atoms with Gasteiger partial charge in [0.25, 0.3) is 0 Å². The van der Waals surface area contributed by atoms with Gasteiger partial charge in [0.2, 0.25) is 17.7 Å². The van der Waals surface area contributed by atoms with Crippen molar-refractivity contribution in [2.24, 2.45) is 27.9 Å². The van der Waals surface area contributed by atoms with Gasteiger partial charge in [0, 0.05) is 6.54 Å². The number of rotatable bonds is 16. The first-order chi connectivity index (χ1) is 15.0. The molecule has 14 heteroatoms. The number of aliphatic carboxylic acids is 1. The summed E-state index contributed by atoms with van der Waals surface area (Å²) in [6.07, 6.45) is 1.77. The lowest BCUT2D eigenvalue weighted by Gasteiger charge is -2.24. The van der Waals surface area contributed by atoms with E-state index in [9.17, 15) is 19.2 Å². The third-order valence-corrected chi connectivity index (χ3v) is 4.42. The van der Waals surface area contributed by atoms with E-state index in [0.717, 1.165) is 0 Å². The number of carboxylic acids is 1. The Morgan fingerprint density at radius 1 is 0.906 bits per heavy atom. The number of carbonyl (C=O) groups excluding carboxylic acids is 3. The Labute approximate surface area is 186 Å². The molecule has 0 saturated heterocycles. The number of aliphatic hydroxyl groups is 1. The first-order valence-corrected chi connectivity index (χ1v) is 10.3. The minimum Gasteiger partial charge on any atom is -0.480 e. The summed E-state index contributed by atoms with van der Waals surface area (Å²) in [5, 5.41) is 25.3. The monoisotopic (exact) mass is 460 g/mol. The summed E-state index contributed by atoms with van der Waals surface area (Å²) in [6, 6.07) is -4.52. The normalized spacial score (nSPS) is 14.4. The molecule has 0 aromatic carbocycles. The highest BCUT2D eigenvalue weighted by atomic mass is 16.4. The second kappa shape index (κ2) is 15.8. The van der Waals surface area contributed by atoms with Gasteiger partial charge in [0.05, 0.1) is 6.61 Å². The molecule has 0 bridgehead atoms. The second-order valence-electron chi connectivity index (χ2n) is 7.21. The molecule has 0 rings (SSSR count). The molecule has 0 aliphatic rings. The van der Waals surface area contributed by atoms with E-state index in [1.54, 1.807) is 0 Å². The molecular formula is C18H36N8O6. The van der Waals surface area contributed by atoms with Crippen molar-refractivity contribution in [1.82, 2.24) is 16.0 Å². The zero-order valence-corrected chi connectivity index (χ0v) is 18.3. The Morgan fingerprint density at radius 3 is 1.94 bits per heavy atom. The van der Waals surface area contributed by atoms with Crippen LogP contribution in [0.15, 0.2) is 4.99 Å². The SMILES string of the molecule is CC(NC(=O)C(CCCN=C(N)N)NC(=O)C(CCCCN)NC(=O)C(N)CO)C(=O)O. The molecule has 4 unspecified atom stereocenters. The van der Waals surface area contributed by atoms with Gasteiger partial charge in [-0.25, -0.2) is 0 Å². The molecule has 0 aliphatic heterocycles. The first-order valence-electron chi connectivity index (χ1n) is 10.3. The molecule has 4 atom stereocenters. The molecule has 184 valence electrons. The molecule has 32 heavy (non-hydrogen) atoms. The maximum Gasteiger partial charge on any atom is 0.325 e. The van der Waals surface area contributed by atoms with Crippen LogP contribution in [0.25, 0.3) is 0 Å². The molecule has 0 radical (unpaired) electrons. The smallest absolute Gasteiger partial charge is 0.325 e. The quantitative estimate of drug-likeness (QED) is 0.0612. The summed E-state index contributed by atoms with van der Waals surface area (Å²) in [5.41, 5.74) is 21.5. The van der Waals surface area contributed by atoms with Crippen molar-refractivity contribution in [2.45, 2.75) is 63.2 Å². The van der Waals surface area contributed by atoms with E-state index in [2.05, 4.69) is 20.9 Å². The highest BCUT2D eigenvalue weighted by molar-refractivity contribution is 5.94. The number of unbranched alkanes of at least 4 members (excludes halogenated alkanes) is 1. The van der Waals surface area contributed by atoms with Gasteiger partial charge < -0.3 is 49.1 Å². The number of aliphatic imine (C=N–C) groups is 1. The lowest BCUT2D eigenvalue weighted by Crippen LogP contribution is -2.57. The van der Waals surface area contributed by atoms with Crippen molar-refractivity contribution in [3.63, 3.8) is 0 Å². The lowest BCUT2D eigenvalue weighted by atomic mass is 10.1. The fraction of sp³-hybridized carbons (Fsp3) is 0.722. The molecular weight excluding hydrogens is 424 g/mol. The van der Waals surface area contributed by atoms with Crippen LogP contribution < -0.4 is 38.9 Å².